The minimum absolute atomic E-state index is 0.754. The molecule has 0 saturated heterocycles. The Kier molecular flexibility index (Phi) is 2.08. The van der Waals surface area contributed by atoms with Crippen molar-refractivity contribution in [3.8, 4) is 0 Å². The highest BCUT2D eigenvalue weighted by Crippen LogP contribution is 2.31. The van der Waals surface area contributed by atoms with Crippen LogP contribution in [0.25, 0.3) is 0 Å². The van der Waals surface area contributed by atoms with E-state index in [-0.39, 0.29) is 0 Å². The highest BCUT2D eigenvalue weighted by Gasteiger charge is 2.21. The molecule has 0 amide bonds. The largest absolute Gasteiger partial charge is 0.382 e. The average molecular weight is 202 g/mol. The minimum atomic E-state index is 0.754. The van der Waals surface area contributed by atoms with Gasteiger partial charge in [0.15, 0.2) is 0 Å². The molecule has 1 heterocycles. The Bertz CT molecular complexity index is 369. The molecule has 1 fully saturated rings. The standard InChI is InChI=1S/C13H18N2/c1-15-8-2-3-10-9-12(6-7-13(10)15)14-11-4-5-11/h6-7,9,11,14H,2-5,8H2,1H3. The van der Waals surface area contributed by atoms with Crippen molar-refractivity contribution in [2.75, 3.05) is 23.8 Å². The Morgan fingerprint density at radius 2 is 2.20 bits per heavy atom. The summed E-state index contributed by atoms with van der Waals surface area (Å²) < 4.78 is 0. The molecule has 0 atom stereocenters. The van der Waals surface area contributed by atoms with E-state index in [4.69, 9.17) is 0 Å². The van der Waals surface area contributed by atoms with Gasteiger partial charge in [0.25, 0.3) is 0 Å². The summed E-state index contributed by atoms with van der Waals surface area (Å²) in [7, 11) is 2.19. The van der Waals surface area contributed by atoms with E-state index < -0.39 is 0 Å². The molecule has 1 aliphatic heterocycles. The molecule has 1 aromatic rings. The van der Waals surface area contributed by atoms with Crippen LogP contribution in [0.15, 0.2) is 18.2 Å². The van der Waals surface area contributed by atoms with Gasteiger partial charge >= 0.3 is 0 Å². The fourth-order valence-corrected chi connectivity index (χ4v) is 2.34. The predicted molar refractivity (Wildman–Crippen MR) is 64.7 cm³/mol. The predicted octanol–water partition coefficient (Wildman–Crippen LogP) is 2.64. The quantitative estimate of drug-likeness (QED) is 0.793. The zero-order valence-electron chi connectivity index (χ0n) is 9.29. The van der Waals surface area contributed by atoms with E-state index in [1.165, 1.54) is 49.2 Å². The lowest BCUT2D eigenvalue weighted by Crippen LogP contribution is -2.24. The lowest BCUT2D eigenvalue weighted by Gasteiger charge is -2.27. The molecule has 1 aliphatic carbocycles. The molecule has 3 rings (SSSR count). The van der Waals surface area contributed by atoms with Crippen LogP contribution in [0, 0.1) is 0 Å². The average Bonchev–Trinajstić information content (AvgIpc) is 3.02. The van der Waals surface area contributed by atoms with Crippen LogP contribution < -0.4 is 10.2 Å². The molecule has 0 radical (unpaired) electrons. The summed E-state index contributed by atoms with van der Waals surface area (Å²) in [5.74, 6) is 0. The molecule has 0 aromatic heterocycles. The first kappa shape index (κ1) is 9.08. The van der Waals surface area contributed by atoms with Crippen LogP contribution in [-0.4, -0.2) is 19.6 Å². The molecule has 1 aromatic carbocycles. The Labute approximate surface area is 91.3 Å². The Morgan fingerprint density at radius 3 is 3.00 bits per heavy atom. The number of fused-ring (bicyclic) bond motifs is 1. The fourth-order valence-electron chi connectivity index (χ4n) is 2.34. The zero-order chi connectivity index (χ0) is 10.3. The second-order valence-corrected chi connectivity index (χ2v) is 4.79. The number of rotatable bonds is 2. The molecule has 0 unspecified atom stereocenters. The van der Waals surface area contributed by atoms with Crippen LogP contribution in [0.3, 0.4) is 0 Å². The molecule has 0 spiro atoms. The van der Waals surface area contributed by atoms with E-state index in [9.17, 15) is 0 Å². The molecule has 2 aliphatic rings. The monoisotopic (exact) mass is 202 g/mol. The number of hydrogen-bond donors (Lipinski definition) is 1. The van der Waals surface area contributed by atoms with E-state index in [1.54, 1.807) is 0 Å². The molecule has 15 heavy (non-hydrogen) atoms. The Balaban J connectivity index is 1.87. The van der Waals surface area contributed by atoms with Crippen molar-refractivity contribution >= 4 is 11.4 Å². The van der Waals surface area contributed by atoms with Crippen molar-refractivity contribution in [3.63, 3.8) is 0 Å². The summed E-state index contributed by atoms with van der Waals surface area (Å²) in [4.78, 5) is 2.36. The fraction of sp³-hybridized carbons (Fsp3) is 0.538. The first-order chi connectivity index (χ1) is 7.33. The van der Waals surface area contributed by atoms with E-state index in [2.05, 4.69) is 35.5 Å². The van der Waals surface area contributed by atoms with Crippen LogP contribution in [0.1, 0.15) is 24.8 Å². The smallest absolute Gasteiger partial charge is 0.0397 e. The lowest BCUT2D eigenvalue weighted by molar-refractivity contribution is 0.744. The molecule has 1 saturated carbocycles. The normalized spacial score (nSPS) is 19.9. The van der Waals surface area contributed by atoms with E-state index >= 15 is 0 Å². The number of nitrogens with zero attached hydrogens (tertiary/aromatic N) is 1. The lowest BCUT2D eigenvalue weighted by atomic mass is 10.0. The SMILES string of the molecule is CN1CCCc2cc(NC3CC3)ccc21. The van der Waals surface area contributed by atoms with Gasteiger partial charge < -0.3 is 10.2 Å². The third kappa shape index (κ3) is 1.81. The third-order valence-corrected chi connectivity index (χ3v) is 3.38. The molecule has 2 heteroatoms. The van der Waals surface area contributed by atoms with Crippen molar-refractivity contribution in [2.45, 2.75) is 31.7 Å². The second kappa shape index (κ2) is 3.44. The number of aryl methyl sites for hydroxylation is 1. The first-order valence-electron chi connectivity index (χ1n) is 5.93. The van der Waals surface area contributed by atoms with Gasteiger partial charge in [0.05, 0.1) is 0 Å². The number of nitrogens with one attached hydrogen (secondary N) is 1. The van der Waals surface area contributed by atoms with Crippen LogP contribution >= 0.6 is 0 Å². The number of hydrogen-bond acceptors (Lipinski definition) is 2. The van der Waals surface area contributed by atoms with E-state index in [0.29, 0.717) is 0 Å². The van der Waals surface area contributed by atoms with E-state index in [1.807, 2.05) is 0 Å². The van der Waals surface area contributed by atoms with Crippen LogP contribution in [0.4, 0.5) is 11.4 Å². The first-order valence-corrected chi connectivity index (χ1v) is 5.93. The molecular formula is C13H18N2. The van der Waals surface area contributed by atoms with Gasteiger partial charge in [0.2, 0.25) is 0 Å². The number of benzene rings is 1. The molecule has 80 valence electrons. The van der Waals surface area contributed by atoms with Crippen LogP contribution in [-0.2, 0) is 6.42 Å². The van der Waals surface area contributed by atoms with Gasteiger partial charge in [-0.2, -0.15) is 0 Å². The van der Waals surface area contributed by atoms with Gasteiger partial charge in [-0.25, -0.2) is 0 Å². The maximum Gasteiger partial charge on any atom is 0.0397 e. The van der Waals surface area contributed by atoms with Gasteiger partial charge in [-0.15, -0.1) is 0 Å². The van der Waals surface area contributed by atoms with Crippen molar-refractivity contribution in [1.82, 2.24) is 0 Å². The van der Waals surface area contributed by atoms with Gasteiger partial charge in [0, 0.05) is 31.0 Å². The summed E-state index contributed by atoms with van der Waals surface area (Å²) in [6.07, 6.45) is 5.21. The van der Waals surface area contributed by atoms with Gasteiger partial charge in [-0.3, -0.25) is 0 Å². The molecule has 2 nitrogen and oxygen atoms in total. The van der Waals surface area contributed by atoms with Crippen molar-refractivity contribution in [3.05, 3.63) is 23.8 Å². The Morgan fingerprint density at radius 1 is 1.33 bits per heavy atom. The molecule has 0 bridgehead atoms. The second-order valence-electron chi connectivity index (χ2n) is 4.79. The zero-order valence-corrected chi connectivity index (χ0v) is 9.29. The molecule has 1 N–H and O–H groups in total. The van der Waals surface area contributed by atoms with E-state index in [0.717, 1.165) is 6.04 Å². The van der Waals surface area contributed by atoms with Crippen LogP contribution in [0.5, 0.6) is 0 Å². The third-order valence-electron chi connectivity index (χ3n) is 3.38. The summed E-state index contributed by atoms with van der Waals surface area (Å²) in [6.45, 7) is 1.20. The topological polar surface area (TPSA) is 15.3 Å². The summed E-state index contributed by atoms with van der Waals surface area (Å²) in [6, 6.07) is 7.57. The Hall–Kier alpha value is -1.18. The number of anilines is 2. The summed E-state index contributed by atoms with van der Waals surface area (Å²) in [5.41, 5.74) is 4.24. The van der Waals surface area contributed by atoms with Gasteiger partial charge in [0.1, 0.15) is 0 Å². The van der Waals surface area contributed by atoms with Crippen LogP contribution in [0.2, 0.25) is 0 Å². The maximum absolute atomic E-state index is 3.56. The highest BCUT2D eigenvalue weighted by molar-refractivity contribution is 5.62. The summed E-state index contributed by atoms with van der Waals surface area (Å²) >= 11 is 0. The minimum Gasteiger partial charge on any atom is -0.382 e. The van der Waals surface area contributed by atoms with Gasteiger partial charge in [-0.1, -0.05) is 0 Å². The molecular weight excluding hydrogens is 184 g/mol. The van der Waals surface area contributed by atoms with Crippen molar-refractivity contribution < 1.29 is 0 Å². The maximum atomic E-state index is 3.56. The highest BCUT2D eigenvalue weighted by atomic mass is 15.1. The summed E-state index contributed by atoms with van der Waals surface area (Å²) in [5, 5.41) is 3.56. The van der Waals surface area contributed by atoms with Gasteiger partial charge in [-0.05, 0) is 49.4 Å². The van der Waals surface area contributed by atoms with Crippen molar-refractivity contribution in [1.29, 1.82) is 0 Å². The van der Waals surface area contributed by atoms with Crippen molar-refractivity contribution in [2.24, 2.45) is 0 Å².